The van der Waals surface area contributed by atoms with E-state index in [-0.39, 0.29) is 0 Å². The summed E-state index contributed by atoms with van der Waals surface area (Å²) in [6, 6.07) is 2.17. The molecule has 1 aromatic heterocycles. The molecule has 88 valence electrons. The Morgan fingerprint density at radius 2 is 2.31 bits per heavy atom. The number of hydrogen-bond acceptors (Lipinski definition) is 4. The van der Waals surface area contributed by atoms with E-state index in [2.05, 4.69) is 42.5 Å². The van der Waals surface area contributed by atoms with E-state index in [1.54, 1.807) is 0 Å². The molecule has 1 aliphatic rings. The highest BCUT2D eigenvalue weighted by atomic mass is 32.2. The minimum absolute atomic E-state index is 0.356. The van der Waals surface area contributed by atoms with Crippen LogP contribution in [0.4, 0.5) is 0 Å². The number of nitrogens with zero attached hydrogens (tertiary/aromatic N) is 1. The van der Waals surface area contributed by atoms with E-state index in [9.17, 15) is 0 Å². The summed E-state index contributed by atoms with van der Waals surface area (Å²) in [6.45, 7) is 8.54. The number of rotatable bonds is 2. The molecule has 1 N–H and O–H groups in total. The maximum Gasteiger partial charge on any atom is 0.156 e. The van der Waals surface area contributed by atoms with E-state index in [1.807, 2.05) is 23.1 Å². The monoisotopic (exact) mass is 254 g/mol. The Labute approximate surface area is 106 Å². The van der Waals surface area contributed by atoms with Crippen LogP contribution >= 0.6 is 23.1 Å². The highest BCUT2D eigenvalue weighted by molar-refractivity contribution is 8.13. The highest BCUT2D eigenvalue weighted by Crippen LogP contribution is 2.27. The normalized spacial score (nSPS) is 19.3. The first-order valence-corrected chi connectivity index (χ1v) is 7.37. The summed E-state index contributed by atoms with van der Waals surface area (Å²) in [5, 5.41) is 6.67. The van der Waals surface area contributed by atoms with Gasteiger partial charge < -0.3 is 5.32 Å². The van der Waals surface area contributed by atoms with Crippen LogP contribution in [0.3, 0.4) is 0 Å². The lowest BCUT2D eigenvalue weighted by molar-refractivity contribution is 0.436. The minimum Gasteiger partial charge on any atom is -0.360 e. The van der Waals surface area contributed by atoms with Crippen LogP contribution in [0.1, 0.15) is 24.3 Å². The van der Waals surface area contributed by atoms with Gasteiger partial charge in [0.2, 0.25) is 0 Å². The van der Waals surface area contributed by atoms with E-state index >= 15 is 0 Å². The van der Waals surface area contributed by atoms with Crippen LogP contribution < -0.4 is 5.32 Å². The predicted octanol–water partition coefficient (Wildman–Crippen LogP) is 3.28. The molecule has 2 nitrogen and oxygen atoms in total. The quantitative estimate of drug-likeness (QED) is 0.876. The van der Waals surface area contributed by atoms with Crippen molar-refractivity contribution in [3.63, 3.8) is 0 Å². The van der Waals surface area contributed by atoms with E-state index in [4.69, 9.17) is 0 Å². The maximum absolute atomic E-state index is 4.58. The molecule has 0 atom stereocenters. The highest BCUT2D eigenvalue weighted by Gasteiger charge is 2.23. The molecule has 0 saturated carbocycles. The molecule has 4 heteroatoms. The van der Waals surface area contributed by atoms with Crippen molar-refractivity contribution in [1.82, 2.24) is 5.32 Å². The van der Waals surface area contributed by atoms with E-state index < -0.39 is 0 Å². The van der Waals surface area contributed by atoms with Crippen LogP contribution in [0, 0.1) is 12.3 Å². The number of thioether (sulfide) groups is 1. The first kappa shape index (κ1) is 12.0. The van der Waals surface area contributed by atoms with Gasteiger partial charge in [-0.1, -0.05) is 25.6 Å². The second-order valence-corrected chi connectivity index (χ2v) is 6.92. The molecule has 0 aromatic carbocycles. The zero-order valence-corrected chi connectivity index (χ0v) is 11.7. The predicted molar refractivity (Wildman–Crippen MR) is 74.4 cm³/mol. The Morgan fingerprint density at radius 3 is 2.88 bits per heavy atom. The molecule has 0 unspecified atom stereocenters. The summed E-state index contributed by atoms with van der Waals surface area (Å²) in [4.78, 5) is 5.99. The Bertz CT molecular complexity index is 393. The molecular weight excluding hydrogens is 236 g/mol. The Kier molecular flexibility index (Phi) is 3.60. The van der Waals surface area contributed by atoms with Gasteiger partial charge in [-0.05, 0) is 29.3 Å². The van der Waals surface area contributed by atoms with Crippen molar-refractivity contribution in [2.45, 2.75) is 27.3 Å². The maximum atomic E-state index is 4.58. The third-order valence-corrected chi connectivity index (χ3v) is 5.11. The number of amidine groups is 1. The number of aliphatic imine (C=N–C) groups is 1. The molecule has 1 aliphatic heterocycles. The van der Waals surface area contributed by atoms with Crippen molar-refractivity contribution in [3.8, 4) is 0 Å². The van der Waals surface area contributed by atoms with Crippen LogP contribution in [0.2, 0.25) is 0 Å². The van der Waals surface area contributed by atoms with Gasteiger partial charge >= 0.3 is 0 Å². The van der Waals surface area contributed by atoms with Crippen LogP contribution in [-0.4, -0.2) is 17.5 Å². The molecule has 2 heterocycles. The number of thiophene rings is 1. The van der Waals surface area contributed by atoms with Crippen molar-refractivity contribution in [1.29, 1.82) is 0 Å². The van der Waals surface area contributed by atoms with E-state index in [1.165, 1.54) is 10.4 Å². The van der Waals surface area contributed by atoms with Gasteiger partial charge in [-0.3, -0.25) is 4.99 Å². The zero-order chi connectivity index (χ0) is 11.6. The average Bonchev–Trinajstić information content (AvgIpc) is 2.63. The summed E-state index contributed by atoms with van der Waals surface area (Å²) >= 11 is 3.65. The lowest BCUT2D eigenvalue weighted by Gasteiger charge is -2.27. The molecule has 0 saturated heterocycles. The Hall–Kier alpha value is -0.480. The van der Waals surface area contributed by atoms with Gasteiger partial charge in [0.25, 0.3) is 0 Å². The lowest BCUT2D eigenvalue weighted by atomic mass is 9.97. The zero-order valence-electron chi connectivity index (χ0n) is 10.0. The van der Waals surface area contributed by atoms with Gasteiger partial charge in [0.05, 0.1) is 6.54 Å². The SMILES string of the molecule is Cc1ccsc1CNC1=NCC(C)(C)CS1. The van der Waals surface area contributed by atoms with Crippen molar-refractivity contribution >= 4 is 28.3 Å². The topological polar surface area (TPSA) is 24.4 Å². The molecule has 0 aliphatic carbocycles. The molecule has 0 amide bonds. The molecule has 1 aromatic rings. The van der Waals surface area contributed by atoms with E-state index in [0.717, 1.165) is 24.0 Å². The summed E-state index contributed by atoms with van der Waals surface area (Å²) in [5.74, 6) is 1.16. The Morgan fingerprint density at radius 1 is 1.50 bits per heavy atom. The third kappa shape index (κ3) is 3.01. The number of nitrogens with one attached hydrogen (secondary N) is 1. The van der Waals surface area contributed by atoms with Crippen LogP contribution in [0.25, 0.3) is 0 Å². The van der Waals surface area contributed by atoms with Gasteiger partial charge in [-0.2, -0.15) is 0 Å². The molecule has 0 bridgehead atoms. The average molecular weight is 254 g/mol. The van der Waals surface area contributed by atoms with Gasteiger partial charge in [0.1, 0.15) is 0 Å². The summed E-state index contributed by atoms with van der Waals surface area (Å²) < 4.78 is 0. The smallest absolute Gasteiger partial charge is 0.156 e. The van der Waals surface area contributed by atoms with Gasteiger partial charge in [0, 0.05) is 17.2 Å². The van der Waals surface area contributed by atoms with Gasteiger partial charge in [-0.25, -0.2) is 0 Å². The van der Waals surface area contributed by atoms with Crippen LogP contribution in [0.5, 0.6) is 0 Å². The Balaban J connectivity index is 1.88. The molecule has 0 spiro atoms. The van der Waals surface area contributed by atoms with Gasteiger partial charge in [-0.15, -0.1) is 11.3 Å². The first-order valence-electron chi connectivity index (χ1n) is 5.51. The summed E-state index contributed by atoms with van der Waals surface area (Å²) in [7, 11) is 0. The minimum atomic E-state index is 0.356. The fraction of sp³-hybridized carbons (Fsp3) is 0.583. The van der Waals surface area contributed by atoms with Crippen LogP contribution in [-0.2, 0) is 6.54 Å². The second kappa shape index (κ2) is 4.80. The van der Waals surface area contributed by atoms with E-state index in [0.29, 0.717) is 5.41 Å². The molecule has 0 radical (unpaired) electrons. The fourth-order valence-corrected chi connectivity index (χ4v) is 3.28. The fourth-order valence-electron chi connectivity index (χ4n) is 1.49. The van der Waals surface area contributed by atoms with Crippen LogP contribution in [0.15, 0.2) is 16.4 Å². The summed E-state index contributed by atoms with van der Waals surface area (Å²) in [6.07, 6.45) is 0. The molecular formula is C12H18N2S2. The first-order chi connectivity index (χ1) is 7.57. The van der Waals surface area contributed by atoms with Crippen molar-refractivity contribution in [2.24, 2.45) is 10.4 Å². The van der Waals surface area contributed by atoms with Crippen molar-refractivity contribution in [2.75, 3.05) is 12.3 Å². The number of aryl methyl sites for hydroxylation is 1. The molecule has 0 fully saturated rings. The summed E-state index contributed by atoms with van der Waals surface area (Å²) in [5.41, 5.74) is 1.73. The lowest BCUT2D eigenvalue weighted by Crippen LogP contribution is -2.30. The van der Waals surface area contributed by atoms with Gasteiger partial charge in [0.15, 0.2) is 5.17 Å². The second-order valence-electron chi connectivity index (χ2n) is 4.95. The third-order valence-electron chi connectivity index (χ3n) is 2.62. The standard InChI is InChI=1S/C12H18N2S2/c1-9-4-5-15-10(9)6-13-11-14-7-12(2,3)8-16-11/h4-5H,6-8H2,1-3H3,(H,13,14). The number of hydrogen-bond donors (Lipinski definition) is 1. The largest absolute Gasteiger partial charge is 0.360 e. The van der Waals surface area contributed by atoms with Crippen molar-refractivity contribution in [3.05, 3.63) is 21.9 Å². The van der Waals surface area contributed by atoms with Crippen molar-refractivity contribution < 1.29 is 0 Å². The molecule has 16 heavy (non-hydrogen) atoms. The molecule has 2 rings (SSSR count).